The van der Waals surface area contributed by atoms with Gasteiger partial charge in [0.05, 0.1) is 27.0 Å². The largest absolute Gasteiger partial charge is 0.516 e. The minimum Gasteiger partial charge on any atom is -0.379 e. The maximum absolute atomic E-state index is 13.7. The lowest BCUT2D eigenvalue weighted by atomic mass is 9.89. The molecule has 0 unspecified atom stereocenters. The van der Waals surface area contributed by atoms with Gasteiger partial charge >= 0.3 is 15.5 Å². The molecular weight excluding hydrogens is 577 g/mol. The number of alkyl halides is 3. The van der Waals surface area contributed by atoms with E-state index in [1.54, 1.807) is 4.90 Å². The Kier molecular flexibility index (Phi) is 8.00. The van der Waals surface area contributed by atoms with Crippen LogP contribution in [-0.4, -0.2) is 48.7 Å². The number of nitrogens with zero attached hydrogens (tertiary/aromatic N) is 2. The highest BCUT2D eigenvalue weighted by atomic mass is 32.2. The Hall–Kier alpha value is -3.97. The maximum Gasteiger partial charge on any atom is 0.516 e. The molecule has 5 rings (SSSR count). The fraction of sp³-hybridized carbons (Fsp3) is 0.250. The zero-order valence-corrected chi connectivity index (χ0v) is 23.2. The number of halogens is 3. The molecule has 1 aliphatic rings. The van der Waals surface area contributed by atoms with Gasteiger partial charge in [0.25, 0.3) is 11.8 Å². The Morgan fingerprint density at radius 3 is 2.24 bits per heavy atom. The monoisotopic (exact) mass is 602 g/mol. The van der Waals surface area contributed by atoms with Crippen molar-refractivity contribution in [3.8, 4) is 0 Å². The standard InChI is InChI=1S/C28H25F3N4O4S2/c29-28(30,31)41(38,39)34-26(36)22-17-40-25-23(32-15-18-7-3-1-4-8-18)21(16-33-24(22)25)27(37)35-13-11-20(12-14-35)19-9-5-2-6-10-19/h1-10,16-17,20H,11-15H2,(H,32,33)(H,34,36). The van der Waals surface area contributed by atoms with Crippen molar-refractivity contribution in [1.82, 2.24) is 14.6 Å². The first-order chi connectivity index (χ1) is 19.5. The highest BCUT2D eigenvalue weighted by Gasteiger charge is 2.47. The van der Waals surface area contributed by atoms with Gasteiger partial charge in [-0.25, -0.2) is 4.72 Å². The van der Waals surface area contributed by atoms with E-state index >= 15 is 0 Å². The summed E-state index contributed by atoms with van der Waals surface area (Å²) in [5, 5.41) is 4.47. The summed E-state index contributed by atoms with van der Waals surface area (Å²) in [6.45, 7) is 1.38. The summed E-state index contributed by atoms with van der Waals surface area (Å²) < 4.78 is 63.0. The van der Waals surface area contributed by atoms with E-state index in [-0.39, 0.29) is 22.6 Å². The molecule has 0 aliphatic carbocycles. The Bertz CT molecular complexity index is 1670. The van der Waals surface area contributed by atoms with E-state index in [9.17, 15) is 31.2 Å². The first-order valence-corrected chi connectivity index (χ1v) is 15.1. The summed E-state index contributed by atoms with van der Waals surface area (Å²) in [4.78, 5) is 32.3. The number of rotatable bonds is 7. The number of likely N-dealkylation sites (tertiary alicyclic amines) is 1. The number of benzene rings is 2. The van der Waals surface area contributed by atoms with Gasteiger partial charge in [0, 0.05) is 31.2 Å². The number of anilines is 1. The van der Waals surface area contributed by atoms with E-state index in [1.165, 1.54) is 17.1 Å². The van der Waals surface area contributed by atoms with E-state index in [0.717, 1.165) is 34.5 Å². The first-order valence-electron chi connectivity index (χ1n) is 12.7. The van der Waals surface area contributed by atoms with Gasteiger partial charge in [0.15, 0.2) is 0 Å². The lowest BCUT2D eigenvalue weighted by Gasteiger charge is -2.32. The summed E-state index contributed by atoms with van der Waals surface area (Å²) in [6.07, 6.45) is 2.85. The van der Waals surface area contributed by atoms with Crippen molar-refractivity contribution in [1.29, 1.82) is 0 Å². The van der Waals surface area contributed by atoms with E-state index in [2.05, 4.69) is 22.4 Å². The van der Waals surface area contributed by atoms with Crippen LogP contribution in [0.15, 0.2) is 72.2 Å². The third-order valence-electron chi connectivity index (χ3n) is 6.96. The molecule has 0 atom stereocenters. The second-order valence-electron chi connectivity index (χ2n) is 9.57. The van der Waals surface area contributed by atoms with Crippen molar-refractivity contribution < 1.29 is 31.2 Å². The molecule has 2 N–H and O–H groups in total. The third-order valence-corrected chi connectivity index (χ3v) is 9.01. The molecule has 3 heterocycles. The number of pyridine rings is 1. The second kappa shape index (κ2) is 11.5. The average molecular weight is 603 g/mol. The molecule has 41 heavy (non-hydrogen) atoms. The van der Waals surface area contributed by atoms with E-state index in [0.29, 0.717) is 35.9 Å². The van der Waals surface area contributed by atoms with Crippen LogP contribution in [0.2, 0.25) is 0 Å². The van der Waals surface area contributed by atoms with E-state index < -0.39 is 21.4 Å². The van der Waals surface area contributed by atoms with Crippen LogP contribution in [0.5, 0.6) is 0 Å². The second-order valence-corrected chi connectivity index (χ2v) is 12.1. The molecule has 0 bridgehead atoms. The number of piperidine rings is 1. The molecule has 13 heteroatoms. The van der Waals surface area contributed by atoms with Crippen LogP contribution in [0.3, 0.4) is 0 Å². The van der Waals surface area contributed by atoms with Crippen molar-refractivity contribution in [2.45, 2.75) is 30.8 Å². The number of fused-ring (bicyclic) bond motifs is 1. The predicted octanol–water partition coefficient (Wildman–Crippen LogP) is 5.51. The highest BCUT2D eigenvalue weighted by Crippen LogP contribution is 2.36. The average Bonchev–Trinajstić information content (AvgIpc) is 3.40. The van der Waals surface area contributed by atoms with Crippen LogP contribution >= 0.6 is 11.3 Å². The maximum atomic E-state index is 13.7. The SMILES string of the molecule is O=C(NS(=O)(=O)C(F)(F)F)c1csc2c(NCc3ccccc3)c(C(=O)N3CCC(c4ccccc4)CC3)cnc12. The van der Waals surface area contributed by atoms with Gasteiger partial charge in [0.2, 0.25) is 0 Å². The van der Waals surface area contributed by atoms with Crippen molar-refractivity contribution in [3.05, 3.63) is 94.5 Å². The normalized spacial score (nSPS) is 14.7. The molecule has 0 saturated carbocycles. The number of amides is 2. The third kappa shape index (κ3) is 6.05. The zero-order valence-electron chi connectivity index (χ0n) is 21.5. The molecule has 1 fully saturated rings. The number of nitrogens with one attached hydrogen (secondary N) is 2. The van der Waals surface area contributed by atoms with Gasteiger partial charge in [-0.05, 0) is 29.9 Å². The van der Waals surface area contributed by atoms with Crippen LogP contribution in [0, 0.1) is 0 Å². The fourth-order valence-electron chi connectivity index (χ4n) is 4.80. The van der Waals surface area contributed by atoms with Crippen molar-refractivity contribution in [2.24, 2.45) is 0 Å². The molecule has 214 valence electrons. The molecule has 1 aliphatic heterocycles. The highest BCUT2D eigenvalue weighted by molar-refractivity contribution is 7.90. The number of carbonyl (C=O) groups excluding carboxylic acids is 2. The van der Waals surface area contributed by atoms with Crippen LogP contribution in [0.25, 0.3) is 10.2 Å². The molecular formula is C28H25F3N4O4S2. The minimum absolute atomic E-state index is 0.0141. The van der Waals surface area contributed by atoms with Crippen LogP contribution in [-0.2, 0) is 16.6 Å². The number of sulfonamides is 1. The van der Waals surface area contributed by atoms with Crippen molar-refractivity contribution in [2.75, 3.05) is 18.4 Å². The number of thiophene rings is 1. The van der Waals surface area contributed by atoms with Crippen molar-refractivity contribution >= 4 is 49.1 Å². The molecule has 0 radical (unpaired) electrons. The number of aromatic nitrogens is 1. The summed E-state index contributed by atoms with van der Waals surface area (Å²) in [5.74, 6) is -1.39. The molecule has 2 aromatic heterocycles. The molecule has 8 nitrogen and oxygen atoms in total. The van der Waals surface area contributed by atoms with Crippen LogP contribution in [0.4, 0.5) is 18.9 Å². The summed E-state index contributed by atoms with van der Waals surface area (Å²) >= 11 is 0.981. The van der Waals surface area contributed by atoms with Gasteiger partial charge in [-0.2, -0.15) is 21.6 Å². The van der Waals surface area contributed by atoms with E-state index in [4.69, 9.17) is 0 Å². The lowest BCUT2D eigenvalue weighted by Crippen LogP contribution is -2.40. The topological polar surface area (TPSA) is 108 Å². The Labute approximate surface area is 238 Å². The Balaban J connectivity index is 1.45. The fourth-order valence-corrected chi connectivity index (χ4v) is 6.30. The molecule has 4 aromatic rings. The molecule has 2 aromatic carbocycles. The van der Waals surface area contributed by atoms with Gasteiger partial charge in [-0.3, -0.25) is 14.6 Å². The van der Waals surface area contributed by atoms with Gasteiger partial charge in [-0.15, -0.1) is 11.3 Å². The Morgan fingerprint density at radius 1 is 0.976 bits per heavy atom. The number of hydrogen-bond donors (Lipinski definition) is 2. The summed E-state index contributed by atoms with van der Waals surface area (Å²) in [5.41, 5.74) is -3.25. The zero-order chi connectivity index (χ0) is 29.2. The quantitative estimate of drug-likeness (QED) is 0.289. The van der Waals surface area contributed by atoms with Gasteiger partial charge < -0.3 is 10.2 Å². The number of carbonyl (C=O) groups is 2. The first kappa shape index (κ1) is 28.6. The van der Waals surface area contributed by atoms with Gasteiger partial charge in [0.1, 0.15) is 0 Å². The molecule has 1 saturated heterocycles. The van der Waals surface area contributed by atoms with Crippen LogP contribution in [0.1, 0.15) is 50.6 Å². The predicted molar refractivity (Wildman–Crippen MR) is 150 cm³/mol. The van der Waals surface area contributed by atoms with Crippen LogP contribution < -0.4 is 10.0 Å². The lowest BCUT2D eigenvalue weighted by molar-refractivity contribution is -0.0446. The summed E-state index contributed by atoms with van der Waals surface area (Å²) in [7, 11) is -5.91. The van der Waals surface area contributed by atoms with Crippen molar-refractivity contribution in [3.63, 3.8) is 0 Å². The summed E-state index contributed by atoms with van der Waals surface area (Å²) in [6, 6.07) is 19.5. The molecule has 2 amide bonds. The number of hydrogen-bond acceptors (Lipinski definition) is 7. The van der Waals surface area contributed by atoms with E-state index in [1.807, 2.05) is 48.5 Å². The smallest absolute Gasteiger partial charge is 0.379 e. The van der Waals surface area contributed by atoms with Gasteiger partial charge in [-0.1, -0.05) is 60.7 Å². The minimum atomic E-state index is -5.91. The molecule has 0 spiro atoms. The Morgan fingerprint density at radius 2 is 1.61 bits per heavy atom.